The molecule has 1 aromatic carbocycles. The predicted octanol–water partition coefficient (Wildman–Crippen LogP) is 2.50. The smallest absolute Gasteiger partial charge is 0.254 e. The molecule has 3 nitrogen and oxygen atoms in total. The Hall–Kier alpha value is -1.97. The van der Waals surface area contributed by atoms with Gasteiger partial charge in [0.2, 0.25) is 0 Å². The number of hydrogen-bond acceptors (Lipinski definition) is 2. The maximum absolute atomic E-state index is 13.0. The fourth-order valence-electron chi connectivity index (χ4n) is 1.67. The van der Waals surface area contributed by atoms with Gasteiger partial charge in [-0.1, -0.05) is 0 Å². The van der Waals surface area contributed by atoms with Crippen LogP contribution in [-0.4, -0.2) is 9.97 Å². The summed E-state index contributed by atoms with van der Waals surface area (Å²) in [5.74, 6) is 0.188. The van der Waals surface area contributed by atoms with Crippen LogP contribution in [0.5, 0.6) is 0 Å². The molecule has 2 rings (SSSR count). The first-order chi connectivity index (χ1) is 7.99. The summed E-state index contributed by atoms with van der Waals surface area (Å²) in [6.45, 7) is 5.29. The molecule has 0 radical (unpaired) electrons. The highest BCUT2D eigenvalue weighted by atomic mass is 19.1. The van der Waals surface area contributed by atoms with E-state index in [-0.39, 0.29) is 11.4 Å². The molecule has 2 aromatic rings. The zero-order chi connectivity index (χ0) is 12.6. The van der Waals surface area contributed by atoms with Crippen LogP contribution in [0.2, 0.25) is 0 Å². The van der Waals surface area contributed by atoms with Crippen molar-refractivity contribution >= 4 is 0 Å². The van der Waals surface area contributed by atoms with Crippen molar-refractivity contribution in [3.05, 3.63) is 51.2 Å². The van der Waals surface area contributed by atoms with E-state index < -0.39 is 0 Å². The van der Waals surface area contributed by atoms with Gasteiger partial charge in [-0.25, -0.2) is 9.37 Å². The Bertz CT molecular complexity index is 632. The molecule has 17 heavy (non-hydrogen) atoms. The number of nitrogens with zero attached hydrogens (tertiary/aromatic N) is 1. The van der Waals surface area contributed by atoms with E-state index in [0.29, 0.717) is 17.1 Å². The number of halogens is 1. The van der Waals surface area contributed by atoms with Crippen molar-refractivity contribution in [2.24, 2.45) is 0 Å². The largest absolute Gasteiger partial charge is 0.306 e. The van der Waals surface area contributed by atoms with Crippen molar-refractivity contribution in [3.8, 4) is 11.4 Å². The lowest BCUT2D eigenvalue weighted by atomic mass is 10.1. The SMILES string of the molecule is Cc1cc(F)ccc1-c1nc(C)c(C)c(=O)[nH]1. The molecule has 0 bridgehead atoms. The van der Waals surface area contributed by atoms with Crippen LogP contribution >= 0.6 is 0 Å². The molecule has 0 amide bonds. The lowest BCUT2D eigenvalue weighted by Gasteiger charge is -2.07. The molecule has 1 heterocycles. The van der Waals surface area contributed by atoms with Gasteiger partial charge in [0.1, 0.15) is 11.6 Å². The van der Waals surface area contributed by atoms with Crippen LogP contribution in [0.4, 0.5) is 4.39 Å². The van der Waals surface area contributed by atoms with Crippen LogP contribution in [0.15, 0.2) is 23.0 Å². The Labute approximate surface area is 98.3 Å². The maximum atomic E-state index is 13.0. The van der Waals surface area contributed by atoms with Gasteiger partial charge in [0.05, 0.1) is 0 Å². The molecule has 1 aromatic heterocycles. The van der Waals surface area contributed by atoms with Gasteiger partial charge in [0.25, 0.3) is 5.56 Å². The summed E-state index contributed by atoms with van der Waals surface area (Å²) < 4.78 is 13.0. The molecule has 0 aliphatic heterocycles. The number of aromatic nitrogens is 2. The van der Waals surface area contributed by atoms with Crippen molar-refractivity contribution in [2.75, 3.05) is 0 Å². The Kier molecular flexibility index (Phi) is 2.79. The summed E-state index contributed by atoms with van der Waals surface area (Å²) in [5, 5.41) is 0. The molecule has 0 saturated heterocycles. The summed E-state index contributed by atoms with van der Waals surface area (Å²) in [7, 11) is 0. The Morgan fingerprint density at radius 3 is 2.53 bits per heavy atom. The lowest BCUT2D eigenvalue weighted by molar-refractivity contribution is 0.627. The second kappa shape index (κ2) is 4.13. The second-order valence-corrected chi connectivity index (χ2v) is 4.08. The van der Waals surface area contributed by atoms with Crippen molar-refractivity contribution in [1.29, 1.82) is 0 Å². The fourth-order valence-corrected chi connectivity index (χ4v) is 1.67. The van der Waals surface area contributed by atoms with Crippen LogP contribution in [0.3, 0.4) is 0 Å². The number of benzene rings is 1. The quantitative estimate of drug-likeness (QED) is 0.821. The average molecular weight is 232 g/mol. The summed E-state index contributed by atoms with van der Waals surface area (Å²) >= 11 is 0. The van der Waals surface area contributed by atoms with Crippen LogP contribution in [0, 0.1) is 26.6 Å². The van der Waals surface area contributed by atoms with Gasteiger partial charge >= 0.3 is 0 Å². The number of rotatable bonds is 1. The van der Waals surface area contributed by atoms with E-state index >= 15 is 0 Å². The van der Waals surface area contributed by atoms with E-state index in [2.05, 4.69) is 9.97 Å². The first-order valence-electron chi connectivity index (χ1n) is 5.33. The standard InChI is InChI=1S/C13H13FN2O/c1-7-6-10(14)4-5-11(7)12-15-9(3)8(2)13(17)16-12/h4-6H,1-3H3,(H,15,16,17). The lowest BCUT2D eigenvalue weighted by Crippen LogP contribution is -2.14. The third kappa shape index (κ3) is 2.11. The van der Waals surface area contributed by atoms with Crippen molar-refractivity contribution < 1.29 is 4.39 Å². The van der Waals surface area contributed by atoms with Crippen molar-refractivity contribution in [2.45, 2.75) is 20.8 Å². The Balaban J connectivity index is 2.65. The van der Waals surface area contributed by atoms with Gasteiger partial charge in [0, 0.05) is 16.8 Å². The summed E-state index contributed by atoms with van der Waals surface area (Å²) in [6.07, 6.45) is 0. The number of H-pyrrole nitrogens is 1. The highest BCUT2D eigenvalue weighted by Gasteiger charge is 2.08. The summed E-state index contributed by atoms with van der Waals surface area (Å²) in [4.78, 5) is 18.7. The number of aryl methyl sites for hydroxylation is 2. The molecule has 4 heteroatoms. The third-order valence-electron chi connectivity index (χ3n) is 2.84. The Morgan fingerprint density at radius 2 is 1.94 bits per heavy atom. The second-order valence-electron chi connectivity index (χ2n) is 4.08. The molecule has 0 unspecified atom stereocenters. The molecule has 0 aliphatic carbocycles. The third-order valence-corrected chi connectivity index (χ3v) is 2.84. The molecular formula is C13H13FN2O. The topological polar surface area (TPSA) is 45.8 Å². The van der Waals surface area contributed by atoms with E-state index in [4.69, 9.17) is 0 Å². The zero-order valence-electron chi connectivity index (χ0n) is 9.97. The maximum Gasteiger partial charge on any atom is 0.254 e. The summed E-state index contributed by atoms with van der Waals surface area (Å²) in [6, 6.07) is 4.40. The van der Waals surface area contributed by atoms with E-state index in [9.17, 15) is 9.18 Å². The van der Waals surface area contributed by atoms with Gasteiger partial charge in [-0.05, 0) is 44.5 Å². The monoisotopic (exact) mass is 232 g/mol. The number of hydrogen-bond donors (Lipinski definition) is 1. The normalized spacial score (nSPS) is 10.6. The van der Waals surface area contributed by atoms with Crippen molar-refractivity contribution in [3.63, 3.8) is 0 Å². The fraction of sp³-hybridized carbons (Fsp3) is 0.231. The van der Waals surface area contributed by atoms with Crippen molar-refractivity contribution in [1.82, 2.24) is 9.97 Å². The molecule has 0 atom stereocenters. The Morgan fingerprint density at radius 1 is 1.24 bits per heavy atom. The molecule has 88 valence electrons. The van der Waals surface area contributed by atoms with E-state index in [1.165, 1.54) is 12.1 Å². The molecule has 0 aliphatic rings. The zero-order valence-corrected chi connectivity index (χ0v) is 9.97. The van der Waals surface area contributed by atoms with Gasteiger partial charge in [-0.2, -0.15) is 0 Å². The van der Waals surface area contributed by atoms with Gasteiger partial charge < -0.3 is 4.98 Å². The molecule has 0 spiro atoms. The van der Waals surface area contributed by atoms with Gasteiger partial charge in [0.15, 0.2) is 0 Å². The van der Waals surface area contributed by atoms with Gasteiger partial charge in [-0.15, -0.1) is 0 Å². The van der Waals surface area contributed by atoms with E-state index in [1.807, 2.05) is 0 Å². The minimum Gasteiger partial charge on any atom is -0.306 e. The predicted molar refractivity (Wildman–Crippen MR) is 64.5 cm³/mol. The van der Waals surface area contributed by atoms with E-state index in [0.717, 1.165) is 11.1 Å². The average Bonchev–Trinajstić information content (AvgIpc) is 2.25. The van der Waals surface area contributed by atoms with Crippen LogP contribution < -0.4 is 5.56 Å². The van der Waals surface area contributed by atoms with Gasteiger partial charge in [-0.3, -0.25) is 4.79 Å². The molecule has 1 N–H and O–H groups in total. The number of nitrogens with one attached hydrogen (secondary N) is 1. The first kappa shape index (κ1) is 11.5. The molecule has 0 fully saturated rings. The highest BCUT2D eigenvalue weighted by Crippen LogP contribution is 2.20. The van der Waals surface area contributed by atoms with Crippen LogP contribution in [-0.2, 0) is 0 Å². The highest BCUT2D eigenvalue weighted by molar-refractivity contribution is 5.59. The minimum absolute atomic E-state index is 0.156. The van der Waals surface area contributed by atoms with E-state index in [1.54, 1.807) is 26.8 Å². The minimum atomic E-state index is -0.294. The molecular weight excluding hydrogens is 219 g/mol. The summed E-state index contributed by atoms with van der Waals surface area (Å²) in [5.41, 5.74) is 2.63. The molecule has 0 saturated carbocycles. The first-order valence-corrected chi connectivity index (χ1v) is 5.33. The van der Waals surface area contributed by atoms with Crippen LogP contribution in [0.1, 0.15) is 16.8 Å². The van der Waals surface area contributed by atoms with Crippen LogP contribution in [0.25, 0.3) is 11.4 Å². The number of aromatic amines is 1.